The average Bonchev–Trinajstić information content (AvgIpc) is 3.49. The zero-order valence-corrected chi connectivity index (χ0v) is 21.2. The van der Waals surface area contributed by atoms with Crippen LogP contribution in [0.25, 0.3) is 5.65 Å². The van der Waals surface area contributed by atoms with Gasteiger partial charge in [-0.2, -0.15) is 10.2 Å². The van der Waals surface area contributed by atoms with E-state index in [-0.39, 0.29) is 17.3 Å². The summed E-state index contributed by atoms with van der Waals surface area (Å²) in [6.07, 6.45) is 7.95. The van der Waals surface area contributed by atoms with Crippen molar-refractivity contribution >= 4 is 17.2 Å². The standard InChI is InChI=1S/C26H35F2N7O/c1-16(2)17-4-6-19(7-5-17)35-15-22(23(32-35)24(27)28)31-26(36)20-14-29-34-13-10-21(30-25(20)34)18-8-11-33(3)12-9-18/h10,13-19,24H,4-9,11-12H2,1-3H3,(H,31,36)/t17-,19-. The van der Waals surface area contributed by atoms with Crippen molar-refractivity contribution in [3.05, 3.63) is 41.6 Å². The van der Waals surface area contributed by atoms with Gasteiger partial charge in [0.15, 0.2) is 11.3 Å². The van der Waals surface area contributed by atoms with Gasteiger partial charge in [-0.3, -0.25) is 9.48 Å². The molecular weight excluding hydrogens is 464 g/mol. The van der Waals surface area contributed by atoms with Gasteiger partial charge in [0.05, 0.1) is 17.9 Å². The lowest BCUT2D eigenvalue weighted by Gasteiger charge is -2.30. The van der Waals surface area contributed by atoms with Crippen molar-refractivity contribution in [2.45, 2.75) is 70.8 Å². The molecule has 1 saturated heterocycles. The number of hydrogen-bond acceptors (Lipinski definition) is 5. The molecule has 1 amide bonds. The Labute approximate surface area is 210 Å². The van der Waals surface area contributed by atoms with Gasteiger partial charge in [0.2, 0.25) is 0 Å². The minimum Gasteiger partial charge on any atom is -0.319 e. The van der Waals surface area contributed by atoms with Crippen LogP contribution in [0.15, 0.2) is 24.7 Å². The first-order valence-corrected chi connectivity index (χ1v) is 13.0. The van der Waals surface area contributed by atoms with Crippen molar-refractivity contribution in [1.82, 2.24) is 29.3 Å². The predicted molar refractivity (Wildman–Crippen MR) is 133 cm³/mol. The van der Waals surface area contributed by atoms with E-state index in [1.807, 2.05) is 12.3 Å². The number of fused-ring (bicyclic) bond motifs is 1. The van der Waals surface area contributed by atoms with Gasteiger partial charge in [0, 0.05) is 24.0 Å². The first-order valence-electron chi connectivity index (χ1n) is 13.0. The zero-order chi connectivity index (χ0) is 25.4. The SMILES string of the molecule is CC(C)[C@H]1CC[C@H](n2cc(NC(=O)c3cnn4ccc(C5CCN(C)CC5)nc34)c(C(F)F)n2)CC1. The van der Waals surface area contributed by atoms with E-state index in [0.29, 0.717) is 23.4 Å². The molecule has 10 heteroatoms. The number of anilines is 1. The molecule has 36 heavy (non-hydrogen) atoms. The highest BCUT2D eigenvalue weighted by atomic mass is 19.3. The summed E-state index contributed by atoms with van der Waals surface area (Å²) in [5.74, 6) is 1.09. The average molecular weight is 500 g/mol. The highest BCUT2D eigenvalue weighted by Crippen LogP contribution is 2.37. The number of amides is 1. The Morgan fingerprint density at radius 3 is 2.50 bits per heavy atom. The fraction of sp³-hybridized carbons (Fsp3) is 0.615. The molecule has 3 aromatic heterocycles. The zero-order valence-electron chi connectivity index (χ0n) is 21.2. The highest BCUT2D eigenvalue weighted by Gasteiger charge is 2.28. The smallest absolute Gasteiger partial charge is 0.284 e. The van der Waals surface area contributed by atoms with Crippen LogP contribution in [0.3, 0.4) is 0 Å². The van der Waals surface area contributed by atoms with E-state index < -0.39 is 18.0 Å². The molecule has 8 nitrogen and oxygen atoms in total. The molecule has 1 saturated carbocycles. The number of rotatable bonds is 6. The van der Waals surface area contributed by atoms with Crippen LogP contribution in [-0.2, 0) is 0 Å². The molecule has 0 radical (unpaired) electrons. The van der Waals surface area contributed by atoms with Crippen molar-refractivity contribution in [1.29, 1.82) is 0 Å². The van der Waals surface area contributed by atoms with Gasteiger partial charge in [0.25, 0.3) is 12.3 Å². The number of halogens is 2. The summed E-state index contributed by atoms with van der Waals surface area (Å²) in [5, 5.41) is 11.1. The van der Waals surface area contributed by atoms with Gasteiger partial charge in [0.1, 0.15) is 5.56 Å². The summed E-state index contributed by atoms with van der Waals surface area (Å²) in [7, 11) is 2.11. The highest BCUT2D eigenvalue weighted by molar-refractivity contribution is 6.08. The summed E-state index contributed by atoms with van der Waals surface area (Å²) in [6, 6.07) is 2.02. The van der Waals surface area contributed by atoms with Crippen LogP contribution >= 0.6 is 0 Å². The third-order valence-electron chi connectivity index (χ3n) is 8.05. The van der Waals surface area contributed by atoms with Crippen LogP contribution < -0.4 is 5.32 Å². The topological polar surface area (TPSA) is 80.4 Å². The first-order chi connectivity index (χ1) is 17.3. The Kier molecular flexibility index (Phi) is 7.05. The van der Waals surface area contributed by atoms with Gasteiger partial charge >= 0.3 is 0 Å². The summed E-state index contributed by atoms with van der Waals surface area (Å²) in [5.41, 5.74) is 1.28. The number of likely N-dealkylation sites (tertiary alicyclic amines) is 1. The van der Waals surface area contributed by atoms with E-state index in [9.17, 15) is 13.6 Å². The number of nitrogens with one attached hydrogen (secondary N) is 1. The molecule has 2 aliphatic rings. The molecule has 0 bridgehead atoms. The minimum absolute atomic E-state index is 0.0480. The second-order valence-electron chi connectivity index (χ2n) is 10.7. The summed E-state index contributed by atoms with van der Waals surface area (Å²) in [4.78, 5) is 20.3. The lowest BCUT2D eigenvalue weighted by atomic mass is 9.80. The third kappa shape index (κ3) is 5.00. The Morgan fingerprint density at radius 1 is 1.11 bits per heavy atom. The normalized spacial score (nSPS) is 22.1. The number of aromatic nitrogens is 5. The Balaban J connectivity index is 1.35. The summed E-state index contributed by atoms with van der Waals surface area (Å²) >= 11 is 0. The predicted octanol–water partition coefficient (Wildman–Crippen LogP) is 5.31. The second-order valence-corrected chi connectivity index (χ2v) is 10.7. The maximum absolute atomic E-state index is 13.8. The molecule has 0 spiro atoms. The monoisotopic (exact) mass is 499 g/mol. The number of nitrogens with zero attached hydrogens (tertiary/aromatic N) is 6. The molecule has 0 aromatic carbocycles. The van der Waals surface area contributed by atoms with Crippen molar-refractivity contribution in [3.63, 3.8) is 0 Å². The summed E-state index contributed by atoms with van der Waals surface area (Å²) < 4.78 is 30.9. The van der Waals surface area contributed by atoms with Crippen LogP contribution in [0.2, 0.25) is 0 Å². The maximum Gasteiger partial charge on any atom is 0.284 e. The van der Waals surface area contributed by atoms with E-state index in [4.69, 9.17) is 4.98 Å². The fourth-order valence-electron chi connectivity index (χ4n) is 5.65. The van der Waals surface area contributed by atoms with E-state index in [1.165, 1.54) is 6.20 Å². The second kappa shape index (κ2) is 10.2. The van der Waals surface area contributed by atoms with Crippen molar-refractivity contribution in [2.24, 2.45) is 11.8 Å². The van der Waals surface area contributed by atoms with Gasteiger partial charge < -0.3 is 10.2 Å². The van der Waals surface area contributed by atoms with E-state index in [1.54, 1.807) is 15.4 Å². The fourth-order valence-corrected chi connectivity index (χ4v) is 5.65. The largest absolute Gasteiger partial charge is 0.319 e. The molecule has 0 atom stereocenters. The lowest BCUT2D eigenvalue weighted by Crippen LogP contribution is -2.29. The molecule has 1 aliphatic carbocycles. The van der Waals surface area contributed by atoms with Crippen LogP contribution in [-0.4, -0.2) is 55.3 Å². The molecule has 3 aromatic rings. The summed E-state index contributed by atoms with van der Waals surface area (Å²) in [6.45, 7) is 6.47. The van der Waals surface area contributed by atoms with E-state index in [2.05, 4.69) is 41.3 Å². The lowest BCUT2D eigenvalue weighted by molar-refractivity contribution is 0.102. The van der Waals surface area contributed by atoms with E-state index in [0.717, 1.165) is 57.3 Å². The van der Waals surface area contributed by atoms with Crippen LogP contribution in [0, 0.1) is 11.8 Å². The molecule has 2 fully saturated rings. The number of carbonyl (C=O) groups excluding carboxylic acids is 1. The number of hydrogen-bond donors (Lipinski definition) is 1. The molecule has 4 heterocycles. The Morgan fingerprint density at radius 2 is 1.83 bits per heavy atom. The van der Waals surface area contributed by atoms with Gasteiger partial charge in [-0.1, -0.05) is 13.8 Å². The van der Waals surface area contributed by atoms with Crippen LogP contribution in [0.1, 0.15) is 92.5 Å². The van der Waals surface area contributed by atoms with Crippen molar-refractivity contribution in [3.8, 4) is 0 Å². The number of piperidine rings is 1. The quantitative estimate of drug-likeness (QED) is 0.497. The molecule has 1 aliphatic heterocycles. The minimum atomic E-state index is -2.79. The van der Waals surface area contributed by atoms with Crippen LogP contribution in [0.4, 0.5) is 14.5 Å². The third-order valence-corrected chi connectivity index (χ3v) is 8.05. The molecular formula is C26H35F2N7O. The maximum atomic E-state index is 13.8. The first kappa shape index (κ1) is 24.8. The molecule has 5 rings (SSSR count). The van der Waals surface area contributed by atoms with Crippen molar-refractivity contribution < 1.29 is 13.6 Å². The van der Waals surface area contributed by atoms with Gasteiger partial charge in [-0.15, -0.1) is 0 Å². The number of alkyl halides is 2. The molecule has 1 N–H and O–H groups in total. The molecule has 0 unspecified atom stereocenters. The number of carbonyl (C=O) groups is 1. The molecule has 194 valence electrons. The van der Waals surface area contributed by atoms with E-state index >= 15 is 0 Å². The Bertz CT molecular complexity index is 1200. The van der Waals surface area contributed by atoms with Crippen molar-refractivity contribution in [2.75, 3.05) is 25.5 Å². The van der Waals surface area contributed by atoms with Gasteiger partial charge in [-0.05, 0) is 76.6 Å². The van der Waals surface area contributed by atoms with Gasteiger partial charge in [-0.25, -0.2) is 18.3 Å². The van der Waals surface area contributed by atoms with Crippen LogP contribution in [0.5, 0.6) is 0 Å². The Hall–Kier alpha value is -2.88.